The summed E-state index contributed by atoms with van der Waals surface area (Å²) in [5, 5.41) is 13.1. The van der Waals surface area contributed by atoms with Crippen molar-refractivity contribution in [2.75, 3.05) is 13.2 Å². The summed E-state index contributed by atoms with van der Waals surface area (Å²) in [6.07, 6.45) is 10.4. The van der Waals surface area contributed by atoms with Crippen molar-refractivity contribution in [2.45, 2.75) is 82.3 Å². The van der Waals surface area contributed by atoms with Crippen LogP contribution in [0.25, 0.3) is 0 Å². The van der Waals surface area contributed by atoms with Crippen LogP contribution in [0.3, 0.4) is 0 Å². The largest absolute Gasteiger partial charge is 0.463 e. The van der Waals surface area contributed by atoms with E-state index in [-0.39, 0.29) is 43.5 Å². The standard InChI is InChI=1S/C27H36N2O5/c30-18-23-15-20-9-5-6-11-22(20)17-29(23)24(31)16-21-10-3-1-2-4-12-25(32)34-19-27(28-26(21)33)13-7-8-14-27/h1,3,5-6,9,11,21,23,30H,2,4,7-8,10,12-19H2,(H,28,33)/t21-,23+/m1/s1. The van der Waals surface area contributed by atoms with E-state index in [0.29, 0.717) is 32.2 Å². The van der Waals surface area contributed by atoms with Crippen LogP contribution in [0.5, 0.6) is 0 Å². The number of ether oxygens (including phenoxy) is 1. The van der Waals surface area contributed by atoms with E-state index in [4.69, 9.17) is 4.74 Å². The Kier molecular flexibility index (Phi) is 8.03. The lowest BCUT2D eigenvalue weighted by Gasteiger charge is -2.37. The molecule has 0 bridgehead atoms. The molecule has 7 heteroatoms. The van der Waals surface area contributed by atoms with Crippen molar-refractivity contribution in [3.8, 4) is 0 Å². The number of fused-ring (bicyclic) bond motifs is 1. The smallest absolute Gasteiger partial charge is 0.305 e. The molecular formula is C27H36N2O5. The van der Waals surface area contributed by atoms with Crippen molar-refractivity contribution in [3.63, 3.8) is 0 Å². The van der Waals surface area contributed by atoms with E-state index in [0.717, 1.165) is 43.2 Å². The van der Waals surface area contributed by atoms with Gasteiger partial charge in [-0.3, -0.25) is 14.4 Å². The highest BCUT2D eigenvalue weighted by molar-refractivity contribution is 5.86. The van der Waals surface area contributed by atoms with Gasteiger partial charge in [-0.15, -0.1) is 0 Å². The number of esters is 1. The molecule has 0 aromatic heterocycles. The van der Waals surface area contributed by atoms with Gasteiger partial charge in [0, 0.05) is 19.4 Å². The zero-order chi connectivity index (χ0) is 24.0. The van der Waals surface area contributed by atoms with Gasteiger partial charge in [0.05, 0.1) is 24.1 Å². The Morgan fingerprint density at radius 3 is 2.65 bits per heavy atom. The molecular weight excluding hydrogens is 432 g/mol. The van der Waals surface area contributed by atoms with Crippen molar-refractivity contribution in [3.05, 3.63) is 47.5 Å². The van der Waals surface area contributed by atoms with Crippen LogP contribution in [0.15, 0.2) is 36.4 Å². The summed E-state index contributed by atoms with van der Waals surface area (Å²) in [5.41, 5.74) is 1.71. The number of cyclic esters (lactones) is 1. The Bertz CT molecular complexity index is 921. The average Bonchev–Trinajstić information content (AvgIpc) is 3.31. The van der Waals surface area contributed by atoms with Crippen LogP contribution in [0.2, 0.25) is 0 Å². The van der Waals surface area contributed by atoms with Crippen LogP contribution in [0, 0.1) is 5.92 Å². The molecule has 34 heavy (non-hydrogen) atoms. The molecule has 2 atom stereocenters. The fourth-order valence-electron chi connectivity index (χ4n) is 5.41. The normalized spacial score (nSPS) is 25.5. The number of carbonyl (C=O) groups excluding carboxylic acids is 3. The Morgan fingerprint density at radius 2 is 1.88 bits per heavy atom. The fourth-order valence-corrected chi connectivity index (χ4v) is 5.41. The molecule has 3 aliphatic rings. The number of amides is 2. The number of nitrogens with one attached hydrogen (secondary N) is 1. The second-order valence-electron chi connectivity index (χ2n) is 9.97. The molecule has 2 aliphatic heterocycles. The maximum Gasteiger partial charge on any atom is 0.305 e. The summed E-state index contributed by atoms with van der Waals surface area (Å²) >= 11 is 0. The number of benzene rings is 1. The number of hydrogen-bond acceptors (Lipinski definition) is 5. The fraction of sp³-hybridized carbons (Fsp3) is 0.593. The third kappa shape index (κ3) is 5.87. The first kappa shape index (κ1) is 24.5. The molecule has 184 valence electrons. The molecule has 7 nitrogen and oxygen atoms in total. The SMILES string of the molecule is O=C1CCCC=CC[C@H](CC(=O)N2Cc3ccccc3C[C@H]2CO)C(=O)NC2(CCCC2)CO1. The Labute approximate surface area is 201 Å². The van der Waals surface area contributed by atoms with Crippen LogP contribution in [-0.4, -0.2) is 52.6 Å². The highest BCUT2D eigenvalue weighted by Gasteiger charge is 2.39. The predicted octanol–water partition coefficient (Wildman–Crippen LogP) is 3.04. The van der Waals surface area contributed by atoms with Gasteiger partial charge in [0.1, 0.15) is 6.61 Å². The minimum absolute atomic E-state index is 0.0880. The number of nitrogens with zero attached hydrogens (tertiary/aromatic N) is 1. The summed E-state index contributed by atoms with van der Waals surface area (Å²) < 4.78 is 5.53. The lowest BCUT2D eigenvalue weighted by Crippen LogP contribution is -2.53. The van der Waals surface area contributed by atoms with Crippen LogP contribution < -0.4 is 5.32 Å². The number of hydrogen-bond donors (Lipinski definition) is 2. The first-order valence-corrected chi connectivity index (χ1v) is 12.6. The highest BCUT2D eigenvalue weighted by Crippen LogP contribution is 2.32. The van der Waals surface area contributed by atoms with E-state index in [1.807, 2.05) is 36.4 Å². The van der Waals surface area contributed by atoms with E-state index in [2.05, 4.69) is 5.32 Å². The lowest BCUT2D eigenvalue weighted by atomic mass is 9.91. The third-order valence-corrected chi connectivity index (χ3v) is 7.48. The van der Waals surface area contributed by atoms with E-state index >= 15 is 0 Å². The summed E-state index contributed by atoms with van der Waals surface area (Å²) in [4.78, 5) is 40.7. The van der Waals surface area contributed by atoms with Gasteiger partial charge in [0.2, 0.25) is 11.8 Å². The molecule has 1 aromatic carbocycles. The second kappa shape index (κ2) is 11.2. The van der Waals surface area contributed by atoms with Crippen LogP contribution in [-0.2, 0) is 32.1 Å². The van der Waals surface area contributed by atoms with Crippen molar-refractivity contribution in [1.29, 1.82) is 0 Å². The molecule has 1 aliphatic carbocycles. The van der Waals surface area contributed by atoms with Crippen LogP contribution in [0.1, 0.15) is 68.9 Å². The van der Waals surface area contributed by atoms with E-state index in [1.54, 1.807) is 4.90 Å². The summed E-state index contributed by atoms with van der Waals surface area (Å²) in [5.74, 6) is -0.999. The van der Waals surface area contributed by atoms with Crippen molar-refractivity contribution >= 4 is 17.8 Å². The summed E-state index contributed by atoms with van der Waals surface area (Å²) in [7, 11) is 0. The van der Waals surface area contributed by atoms with Gasteiger partial charge >= 0.3 is 5.97 Å². The van der Waals surface area contributed by atoms with Gasteiger partial charge in [0.15, 0.2) is 0 Å². The maximum atomic E-state index is 13.4. The molecule has 1 fully saturated rings. The van der Waals surface area contributed by atoms with Crippen LogP contribution in [0.4, 0.5) is 0 Å². The first-order chi connectivity index (χ1) is 16.5. The van der Waals surface area contributed by atoms with Crippen molar-refractivity contribution < 1.29 is 24.2 Å². The van der Waals surface area contributed by atoms with E-state index < -0.39 is 11.5 Å². The Morgan fingerprint density at radius 1 is 1.12 bits per heavy atom. The minimum Gasteiger partial charge on any atom is -0.463 e. The predicted molar refractivity (Wildman–Crippen MR) is 128 cm³/mol. The topological polar surface area (TPSA) is 95.9 Å². The highest BCUT2D eigenvalue weighted by atomic mass is 16.5. The molecule has 1 saturated carbocycles. The van der Waals surface area contributed by atoms with Gasteiger partial charge in [-0.05, 0) is 49.7 Å². The molecule has 0 unspecified atom stereocenters. The molecule has 2 amide bonds. The number of rotatable bonds is 3. The van der Waals surface area contributed by atoms with Gasteiger partial charge in [0.25, 0.3) is 0 Å². The first-order valence-electron chi connectivity index (χ1n) is 12.6. The van der Waals surface area contributed by atoms with Gasteiger partial charge in [-0.25, -0.2) is 0 Å². The van der Waals surface area contributed by atoms with Gasteiger partial charge in [-0.2, -0.15) is 0 Å². The Hall–Kier alpha value is -2.67. The quantitative estimate of drug-likeness (QED) is 0.525. The Balaban J connectivity index is 1.50. The number of carbonyl (C=O) groups is 3. The molecule has 2 heterocycles. The summed E-state index contributed by atoms with van der Waals surface area (Å²) in [6.45, 7) is 0.538. The molecule has 0 radical (unpaired) electrons. The lowest BCUT2D eigenvalue weighted by molar-refractivity contribution is -0.147. The zero-order valence-electron chi connectivity index (χ0n) is 19.8. The molecule has 1 spiro atoms. The summed E-state index contributed by atoms with van der Waals surface area (Å²) in [6, 6.07) is 7.72. The minimum atomic E-state index is -0.538. The monoisotopic (exact) mass is 468 g/mol. The van der Waals surface area contributed by atoms with Crippen molar-refractivity contribution in [1.82, 2.24) is 10.2 Å². The van der Waals surface area contributed by atoms with E-state index in [1.165, 1.54) is 0 Å². The van der Waals surface area contributed by atoms with Gasteiger partial charge in [-0.1, -0.05) is 49.3 Å². The molecule has 0 saturated heterocycles. The number of allylic oxidation sites excluding steroid dienone is 2. The third-order valence-electron chi connectivity index (χ3n) is 7.48. The average molecular weight is 469 g/mol. The van der Waals surface area contributed by atoms with Crippen molar-refractivity contribution in [2.24, 2.45) is 5.92 Å². The zero-order valence-corrected chi connectivity index (χ0v) is 19.8. The number of aliphatic hydroxyl groups is 1. The molecule has 2 N–H and O–H groups in total. The van der Waals surface area contributed by atoms with Gasteiger partial charge < -0.3 is 20.1 Å². The molecule has 4 rings (SSSR count). The number of aliphatic hydroxyl groups excluding tert-OH is 1. The maximum absolute atomic E-state index is 13.4. The molecule has 1 aromatic rings. The van der Waals surface area contributed by atoms with E-state index in [9.17, 15) is 19.5 Å². The van der Waals surface area contributed by atoms with Crippen LogP contribution >= 0.6 is 0 Å². The second-order valence-corrected chi connectivity index (χ2v) is 9.97.